The average Bonchev–Trinajstić information content (AvgIpc) is 4.21. The minimum absolute atomic E-state index is 0. The zero-order chi connectivity index (χ0) is 42.7. The Kier molecular flexibility index (Phi) is 15.3. The van der Waals surface area contributed by atoms with Crippen LogP contribution < -0.4 is 45.6 Å². The summed E-state index contributed by atoms with van der Waals surface area (Å²) in [6.07, 6.45) is 16.7. The van der Waals surface area contributed by atoms with Gasteiger partial charge in [0.1, 0.15) is 0 Å². The Morgan fingerprint density at radius 1 is 0.303 bits per heavy atom. The van der Waals surface area contributed by atoms with Crippen molar-refractivity contribution in [1.29, 1.82) is 0 Å². The first-order valence-corrected chi connectivity index (χ1v) is 40.1. The number of halogens is 2. The van der Waals surface area contributed by atoms with Gasteiger partial charge in [-0.3, -0.25) is 0 Å². The smallest absolute Gasteiger partial charge is 1.00 e. The Labute approximate surface area is 420 Å². The summed E-state index contributed by atoms with van der Waals surface area (Å²) in [7, 11) is 0. The third kappa shape index (κ3) is 9.11. The second-order valence-corrected chi connectivity index (χ2v) is 48.0. The van der Waals surface area contributed by atoms with Gasteiger partial charge >= 0.3 is 400 Å². The van der Waals surface area contributed by atoms with E-state index in [0.717, 1.165) is 12.8 Å². The fourth-order valence-electron chi connectivity index (χ4n) is 11.1. The zero-order valence-electron chi connectivity index (χ0n) is 36.7. The maximum atomic E-state index is 2.49. The molecule has 0 nitrogen and oxygen atoms in total. The Bertz CT molecular complexity index is 2660. The largest absolute Gasteiger partial charge is 1.00 e. The van der Waals surface area contributed by atoms with Crippen LogP contribution in [0, 0.1) is 0 Å². The van der Waals surface area contributed by atoms with Crippen molar-refractivity contribution in [2.45, 2.75) is 20.1 Å². The molecule has 0 bridgehead atoms. The summed E-state index contributed by atoms with van der Waals surface area (Å²) in [5.74, 6) is -2.80. The molecule has 0 aromatic heterocycles. The van der Waals surface area contributed by atoms with Gasteiger partial charge in [-0.1, -0.05) is 0 Å². The van der Waals surface area contributed by atoms with E-state index in [1.165, 1.54) is 22.3 Å². The van der Waals surface area contributed by atoms with Gasteiger partial charge in [0, 0.05) is 0 Å². The van der Waals surface area contributed by atoms with Crippen LogP contribution in [-0.2, 0) is 41.8 Å². The second kappa shape index (κ2) is 21.6. The normalized spacial score (nSPS) is 13.9. The fraction of sp³-hybridized carbons (Fsp3) is 0.0667. The van der Waals surface area contributed by atoms with E-state index in [2.05, 4.69) is 255 Å². The number of benzene rings is 8. The van der Waals surface area contributed by atoms with Gasteiger partial charge in [-0.2, -0.15) is 0 Å². The number of rotatable bonds is 10. The standard InChI is InChI=1S/2C13H9.2C12H11Si.2C5H5.2ClH.2Zr/c2*1-3-7-12-10(5-1)9-11-6-2-4-8-13(11)12;2*1-3-7-11(8-4-1)13-12-9-5-2-6-10-12;2*1-2-4-5-3-1;;;;/h2*1-9H;2*1-10,13H;2*1-3H,4H2;2*1H;;/q;;;;;;;;2*+1/p-2. The summed E-state index contributed by atoms with van der Waals surface area (Å²) in [5.41, 5.74) is 12.2. The van der Waals surface area contributed by atoms with Gasteiger partial charge in [-0.05, 0) is 0 Å². The van der Waals surface area contributed by atoms with E-state index >= 15 is 0 Å². The summed E-state index contributed by atoms with van der Waals surface area (Å²) in [4.78, 5) is 0. The Morgan fingerprint density at radius 2 is 0.545 bits per heavy atom. The molecule has 12 rings (SSSR count). The van der Waals surface area contributed by atoms with E-state index in [-0.39, 0.29) is 24.8 Å². The second-order valence-electron chi connectivity index (χ2n) is 17.3. The van der Waals surface area contributed by atoms with Gasteiger partial charge in [-0.15, -0.1) is 0 Å². The molecular weight excluding hydrogens is 1030 g/mol. The van der Waals surface area contributed by atoms with Crippen molar-refractivity contribution in [2.75, 3.05) is 0 Å². The third-order valence-electron chi connectivity index (χ3n) is 13.7. The van der Waals surface area contributed by atoms with E-state index < -0.39 is 53.7 Å². The summed E-state index contributed by atoms with van der Waals surface area (Å²) >= 11 is -4.49. The minimum atomic E-state index is -2.25. The summed E-state index contributed by atoms with van der Waals surface area (Å²) in [6, 6.07) is 82.9. The predicted octanol–water partition coefficient (Wildman–Crippen LogP) is 5.52. The number of allylic oxidation sites excluding steroid dienone is 8. The molecule has 0 fully saturated rings. The molecule has 0 N–H and O–H groups in total. The van der Waals surface area contributed by atoms with Crippen LogP contribution in [0.3, 0.4) is 0 Å². The van der Waals surface area contributed by atoms with Crippen LogP contribution in [0.1, 0.15) is 42.3 Å². The van der Waals surface area contributed by atoms with Gasteiger partial charge < -0.3 is 24.8 Å². The molecular formula is C60H50Cl2Si2Zr2. The van der Waals surface area contributed by atoms with E-state index in [9.17, 15) is 0 Å². The molecule has 4 aliphatic carbocycles. The topological polar surface area (TPSA) is 0 Å². The summed E-state index contributed by atoms with van der Waals surface area (Å²) in [5, 5.41) is 6.45. The average molecular weight is 1080 g/mol. The molecule has 0 amide bonds. The van der Waals surface area contributed by atoms with Crippen molar-refractivity contribution >= 4 is 32.6 Å². The van der Waals surface area contributed by atoms with Crippen LogP contribution in [0.15, 0.2) is 261 Å². The first-order valence-electron chi connectivity index (χ1n) is 22.9. The molecule has 66 heavy (non-hydrogen) atoms. The van der Waals surface area contributed by atoms with E-state index in [4.69, 9.17) is 0 Å². The SMILES string of the molecule is C1=CC[C]([Zr+]([CH]2c3ccccc3-c3ccccc32)[SiH](c2ccccc2)c2ccccc2)=C1.C1=CC[C]([Zr+]([CH]2c3ccccc3-c3ccccc32)[SiH](c2ccccc2)c2ccccc2)=C1.[Cl-].[Cl-]. The molecule has 4 aliphatic rings. The molecule has 0 radical (unpaired) electrons. The van der Waals surface area contributed by atoms with Gasteiger partial charge in [0.15, 0.2) is 0 Å². The Morgan fingerprint density at radius 3 is 0.788 bits per heavy atom. The monoisotopic (exact) mass is 1080 g/mol. The molecule has 8 aromatic carbocycles. The molecule has 6 heteroatoms. The van der Waals surface area contributed by atoms with Crippen LogP contribution in [0.2, 0.25) is 0 Å². The van der Waals surface area contributed by atoms with Gasteiger partial charge in [-0.25, -0.2) is 0 Å². The van der Waals surface area contributed by atoms with Crippen LogP contribution in [0.25, 0.3) is 22.3 Å². The molecule has 0 atom stereocenters. The Hall–Kier alpha value is -4.50. The van der Waals surface area contributed by atoms with E-state index in [1.807, 2.05) is 0 Å². The van der Waals surface area contributed by atoms with Crippen LogP contribution in [-0.4, -0.2) is 11.8 Å². The van der Waals surface area contributed by atoms with Crippen molar-refractivity contribution in [3.05, 3.63) is 284 Å². The van der Waals surface area contributed by atoms with Crippen molar-refractivity contribution < 1.29 is 66.6 Å². The maximum absolute atomic E-state index is 2.49. The van der Waals surface area contributed by atoms with Crippen molar-refractivity contribution in [1.82, 2.24) is 0 Å². The fourth-order valence-corrected chi connectivity index (χ4v) is 61.3. The van der Waals surface area contributed by atoms with Gasteiger partial charge in [0.05, 0.1) is 0 Å². The van der Waals surface area contributed by atoms with E-state index in [0.29, 0.717) is 7.25 Å². The molecule has 0 saturated carbocycles. The molecule has 0 spiro atoms. The number of hydrogen-bond acceptors (Lipinski definition) is 0. The van der Waals surface area contributed by atoms with Crippen LogP contribution >= 0.6 is 0 Å². The predicted molar refractivity (Wildman–Crippen MR) is 270 cm³/mol. The summed E-state index contributed by atoms with van der Waals surface area (Å²) < 4.78 is 4.75. The van der Waals surface area contributed by atoms with Crippen molar-refractivity contribution in [3.63, 3.8) is 0 Å². The van der Waals surface area contributed by atoms with Crippen LogP contribution in [0.4, 0.5) is 0 Å². The molecule has 0 aliphatic heterocycles. The van der Waals surface area contributed by atoms with Gasteiger partial charge in [0.25, 0.3) is 0 Å². The minimum Gasteiger partial charge on any atom is -1.00 e. The van der Waals surface area contributed by atoms with Crippen molar-refractivity contribution in [3.8, 4) is 22.3 Å². The zero-order valence-corrected chi connectivity index (χ0v) is 45.5. The van der Waals surface area contributed by atoms with Crippen molar-refractivity contribution in [2.24, 2.45) is 0 Å². The van der Waals surface area contributed by atoms with Gasteiger partial charge in [0.2, 0.25) is 0 Å². The van der Waals surface area contributed by atoms with Crippen LogP contribution in [0.5, 0.6) is 0 Å². The quantitative estimate of drug-likeness (QED) is 0.159. The first kappa shape index (κ1) is 46.6. The summed E-state index contributed by atoms with van der Waals surface area (Å²) in [6.45, 7) is 0. The van der Waals surface area contributed by atoms with E-state index in [1.54, 1.807) is 49.6 Å². The molecule has 0 heterocycles. The molecule has 8 aromatic rings. The number of fused-ring (bicyclic) bond motifs is 6. The molecule has 320 valence electrons. The maximum Gasteiger partial charge on any atom is -1.00 e. The Balaban J connectivity index is 0.000000161. The number of hydrogen-bond donors (Lipinski definition) is 0. The molecule has 0 saturated heterocycles. The first-order chi connectivity index (χ1) is 31.8. The third-order valence-corrected chi connectivity index (χ3v) is 58.1. The molecule has 0 unspecified atom stereocenters.